The van der Waals surface area contributed by atoms with Gasteiger partial charge in [-0.05, 0) is 72.6 Å². The van der Waals surface area contributed by atoms with Crippen molar-refractivity contribution in [2.24, 2.45) is 10.2 Å². The molecule has 0 bridgehead atoms. The molecular formula is C25H27N3O2. The monoisotopic (exact) mass is 401 g/mol. The van der Waals surface area contributed by atoms with E-state index in [0.717, 1.165) is 48.1 Å². The topological polar surface area (TPSA) is 70.9 Å². The van der Waals surface area contributed by atoms with Crippen molar-refractivity contribution < 1.29 is 9.59 Å². The van der Waals surface area contributed by atoms with E-state index in [2.05, 4.69) is 29.4 Å². The minimum atomic E-state index is -0.162. The first-order chi connectivity index (χ1) is 14.5. The molecule has 1 heterocycles. The third-order valence-electron chi connectivity index (χ3n) is 5.91. The van der Waals surface area contributed by atoms with E-state index in [1.807, 2.05) is 48.5 Å². The van der Waals surface area contributed by atoms with Gasteiger partial charge in [-0.25, -0.2) is 0 Å². The van der Waals surface area contributed by atoms with Gasteiger partial charge in [-0.15, -0.1) is 5.11 Å². The number of nitrogens with zero attached hydrogens (tertiary/aromatic N) is 2. The Morgan fingerprint density at radius 3 is 2.63 bits per heavy atom. The number of nitrogens with one attached hydrogen (secondary N) is 1. The molecule has 0 fully saturated rings. The fraction of sp³-hybridized carbons (Fsp3) is 0.360. The van der Waals surface area contributed by atoms with Gasteiger partial charge >= 0.3 is 0 Å². The van der Waals surface area contributed by atoms with E-state index in [-0.39, 0.29) is 17.9 Å². The summed E-state index contributed by atoms with van der Waals surface area (Å²) in [4.78, 5) is 24.7. The second-order valence-corrected chi connectivity index (χ2v) is 8.38. The summed E-state index contributed by atoms with van der Waals surface area (Å²) in [5.74, 6) is 0.152. The quantitative estimate of drug-likeness (QED) is 0.684. The maximum Gasteiger partial charge on any atom is 0.291 e. The van der Waals surface area contributed by atoms with Crippen LogP contribution in [0.4, 0.5) is 5.69 Å². The van der Waals surface area contributed by atoms with Crippen LogP contribution in [0.15, 0.2) is 69.9 Å². The van der Waals surface area contributed by atoms with E-state index in [1.165, 1.54) is 5.56 Å². The summed E-state index contributed by atoms with van der Waals surface area (Å²) in [7, 11) is 0. The summed E-state index contributed by atoms with van der Waals surface area (Å²) in [6.45, 7) is 4.27. The van der Waals surface area contributed by atoms with E-state index in [4.69, 9.17) is 0 Å². The number of carbonyl (C=O) groups is 2. The number of carbonyl (C=O) groups excluding carboxylic acids is 2. The maximum atomic E-state index is 12.6. The second-order valence-electron chi connectivity index (χ2n) is 8.38. The molecule has 0 saturated heterocycles. The molecule has 4 rings (SSSR count). The predicted octanol–water partition coefficient (Wildman–Crippen LogP) is 5.84. The van der Waals surface area contributed by atoms with Crippen molar-refractivity contribution in [3.63, 3.8) is 0 Å². The predicted molar refractivity (Wildman–Crippen MR) is 118 cm³/mol. The van der Waals surface area contributed by atoms with Crippen molar-refractivity contribution in [3.05, 3.63) is 76.4 Å². The molecule has 1 aliphatic heterocycles. The Hall–Kier alpha value is -3.08. The van der Waals surface area contributed by atoms with Crippen LogP contribution < -0.4 is 5.32 Å². The second kappa shape index (κ2) is 8.74. The lowest BCUT2D eigenvalue weighted by Gasteiger charge is -2.25. The average Bonchev–Trinajstić information content (AvgIpc) is 2.76. The molecule has 2 amide bonds. The van der Waals surface area contributed by atoms with Gasteiger partial charge in [0, 0.05) is 23.2 Å². The SMILES string of the molecule is CC(C)c1ccc(C(=O)Nc2cccc(CC3N=NC(=O)C4=C3CCCC4)c2)cc1. The fourth-order valence-electron chi connectivity index (χ4n) is 4.18. The Morgan fingerprint density at radius 2 is 1.87 bits per heavy atom. The molecule has 1 N–H and O–H groups in total. The normalized spacial score (nSPS) is 18.5. The lowest BCUT2D eigenvalue weighted by molar-refractivity contribution is -0.115. The summed E-state index contributed by atoms with van der Waals surface area (Å²) < 4.78 is 0. The van der Waals surface area contributed by atoms with Crippen LogP contribution in [0.25, 0.3) is 0 Å². The van der Waals surface area contributed by atoms with Crippen LogP contribution in [-0.4, -0.2) is 17.9 Å². The molecule has 0 saturated carbocycles. The van der Waals surface area contributed by atoms with Gasteiger partial charge in [0.1, 0.15) is 0 Å². The molecule has 0 aromatic heterocycles. The molecule has 2 aromatic rings. The lowest BCUT2D eigenvalue weighted by Crippen LogP contribution is -2.23. The van der Waals surface area contributed by atoms with E-state index in [1.54, 1.807) is 0 Å². The number of hydrogen-bond donors (Lipinski definition) is 1. The number of azo groups is 1. The third-order valence-corrected chi connectivity index (χ3v) is 5.91. The highest BCUT2D eigenvalue weighted by Crippen LogP contribution is 2.33. The first kappa shape index (κ1) is 20.2. The van der Waals surface area contributed by atoms with Gasteiger partial charge in [-0.1, -0.05) is 38.1 Å². The lowest BCUT2D eigenvalue weighted by atomic mass is 9.84. The largest absolute Gasteiger partial charge is 0.322 e. The number of amides is 2. The molecule has 5 nitrogen and oxygen atoms in total. The minimum Gasteiger partial charge on any atom is -0.322 e. The highest BCUT2D eigenvalue weighted by molar-refractivity contribution is 6.04. The minimum absolute atomic E-state index is 0.0764. The van der Waals surface area contributed by atoms with Gasteiger partial charge in [0.05, 0.1) is 6.04 Å². The van der Waals surface area contributed by atoms with Crippen LogP contribution in [-0.2, 0) is 11.2 Å². The molecule has 154 valence electrons. The molecule has 30 heavy (non-hydrogen) atoms. The standard InChI is InChI=1S/C25H27N3O2/c1-16(2)18-10-12-19(13-11-18)24(29)26-20-7-5-6-17(14-20)15-23-21-8-3-4-9-22(21)25(30)28-27-23/h5-7,10-14,16,23H,3-4,8-9,15H2,1-2H3,(H,26,29). The van der Waals surface area contributed by atoms with Crippen molar-refractivity contribution in [3.8, 4) is 0 Å². The van der Waals surface area contributed by atoms with E-state index < -0.39 is 0 Å². The number of hydrogen-bond acceptors (Lipinski definition) is 3. The number of anilines is 1. The third kappa shape index (κ3) is 4.40. The van der Waals surface area contributed by atoms with Gasteiger partial charge in [0.25, 0.3) is 11.8 Å². The van der Waals surface area contributed by atoms with Crippen LogP contribution in [0.1, 0.15) is 66.9 Å². The molecular weight excluding hydrogens is 374 g/mol. The molecule has 1 unspecified atom stereocenters. The Kier molecular flexibility index (Phi) is 5.88. The van der Waals surface area contributed by atoms with Gasteiger partial charge in [0.15, 0.2) is 0 Å². The van der Waals surface area contributed by atoms with Crippen LogP contribution in [0, 0.1) is 0 Å². The summed E-state index contributed by atoms with van der Waals surface area (Å²) >= 11 is 0. The molecule has 0 spiro atoms. The average molecular weight is 402 g/mol. The van der Waals surface area contributed by atoms with E-state index in [0.29, 0.717) is 17.9 Å². The van der Waals surface area contributed by atoms with Crippen LogP contribution in [0.5, 0.6) is 0 Å². The highest BCUT2D eigenvalue weighted by atomic mass is 16.2. The van der Waals surface area contributed by atoms with Gasteiger partial charge in [-0.3, -0.25) is 9.59 Å². The fourth-order valence-corrected chi connectivity index (χ4v) is 4.18. The Labute approximate surface area is 177 Å². The van der Waals surface area contributed by atoms with Crippen LogP contribution in [0.2, 0.25) is 0 Å². The van der Waals surface area contributed by atoms with Crippen molar-refractivity contribution in [1.82, 2.24) is 0 Å². The van der Waals surface area contributed by atoms with Gasteiger partial charge in [0.2, 0.25) is 0 Å². The van der Waals surface area contributed by atoms with Crippen molar-refractivity contribution in [2.45, 2.75) is 57.9 Å². The van der Waals surface area contributed by atoms with Gasteiger partial charge < -0.3 is 5.32 Å². The van der Waals surface area contributed by atoms with Crippen LogP contribution in [0.3, 0.4) is 0 Å². The molecule has 2 aliphatic rings. The zero-order valence-corrected chi connectivity index (χ0v) is 17.5. The molecule has 5 heteroatoms. The first-order valence-corrected chi connectivity index (χ1v) is 10.7. The summed E-state index contributed by atoms with van der Waals surface area (Å²) in [5, 5.41) is 11.1. The first-order valence-electron chi connectivity index (χ1n) is 10.7. The molecule has 0 radical (unpaired) electrons. The Bertz CT molecular complexity index is 1020. The summed E-state index contributed by atoms with van der Waals surface area (Å²) in [5.41, 5.74) is 5.70. The Balaban J connectivity index is 1.46. The van der Waals surface area contributed by atoms with E-state index in [9.17, 15) is 9.59 Å². The Morgan fingerprint density at radius 1 is 1.10 bits per heavy atom. The van der Waals surface area contributed by atoms with Crippen LogP contribution >= 0.6 is 0 Å². The molecule has 1 atom stereocenters. The summed E-state index contributed by atoms with van der Waals surface area (Å²) in [6, 6.07) is 15.5. The van der Waals surface area contributed by atoms with Crippen molar-refractivity contribution in [1.29, 1.82) is 0 Å². The highest BCUT2D eigenvalue weighted by Gasteiger charge is 2.28. The van der Waals surface area contributed by atoms with E-state index >= 15 is 0 Å². The summed E-state index contributed by atoms with van der Waals surface area (Å²) in [6.07, 6.45) is 4.57. The number of benzene rings is 2. The smallest absolute Gasteiger partial charge is 0.291 e. The van der Waals surface area contributed by atoms with Gasteiger partial charge in [-0.2, -0.15) is 5.11 Å². The number of rotatable bonds is 5. The zero-order valence-electron chi connectivity index (χ0n) is 17.5. The molecule has 1 aliphatic carbocycles. The zero-order chi connectivity index (χ0) is 21.1. The van der Waals surface area contributed by atoms with Crippen molar-refractivity contribution >= 4 is 17.5 Å². The maximum absolute atomic E-state index is 12.6. The molecule has 2 aromatic carbocycles. The van der Waals surface area contributed by atoms with Crippen molar-refractivity contribution in [2.75, 3.05) is 5.32 Å².